The van der Waals surface area contributed by atoms with Crippen LogP contribution in [-0.2, 0) is 42.9 Å². The van der Waals surface area contributed by atoms with Crippen molar-refractivity contribution in [3.63, 3.8) is 0 Å². The fourth-order valence-corrected chi connectivity index (χ4v) is 3.10. The zero-order valence-electron chi connectivity index (χ0n) is 16.3. The van der Waals surface area contributed by atoms with Gasteiger partial charge in [0.2, 0.25) is 5.91 Å². The lowest BCUT2D eigenvalue weighted by Gasteiger charge is -2.48. The number of aliphatic hydroxyl groups is 1. The highest BCUT2D eigenvalue weighted by molar-refractivity contribution is 5.74. The van der Waals surface area contributed by atoms with Crippen molar-refractivity contribution < 1.29 is 48.0 Å². The van der Waals surface area contributed by atoms with Crippen molar-refractivity contribution in [2.45, 2.75) is 71.0 Å². The number of carbonyl (C=O) groups is 5. The van der Waals surface area contributed by atoms with Gasteiger partial charge in [-0.15, -0.1) is 0 Å². The van der Waals surface area contributed by atoms with E-state index >= 15 is 0 Å². The normalized spacial score (nSPS) is 29.2. The highest BCUT2D eigenvalue weighted by atomic mass is 16.6. The average molecular weight is 403 g/mol. The van der Waals surface area contributed by atoms with Crippen LogP contribution in [0.3, 0.4) is 0 Å². The Labute approximate surface area is 161 Å². The molecule has 1 amide bonds. The van der Waals surface area contributed by atoms with Crippen LogP contribution in [0.1, 0.15) is 41.0 Å². The van der Waals surface area contributed by atoms with Crippen molar-refractivity contribution in [2.24, 2.45) is 0 Å². The summed E-state index contributed by atoms with van der Waals surface area (Å²) in [5.41, 5.74) is -2.03. The fourth-order valence-electron chi connectivity index (χ4n) is 3.10. The van der Waals surface area contributed by atoms with Gasteiger partial charge < -0.3 is 29.4 Å². The molecule has 1 rings (SSSR count). The van der Waals surface area contributed by atoms with Crippen molar-refractivity contribution in [2.75, 3.05) is 6.61 Å². The molecule has 1 aliphatic carbocycles. The molecule has 11 nitrogen and oxygen atoms in total. The molecule has 0 radical (unpaired) electrons. The van der Waals surface area contributed by atoms with Gasteiger partial charge in [0.15, 0.2) is 18.3 Å². The van der Waals surface area contributed by atoms with Crippen LogP contribution in [0, 0.1) is 0 Å². The lowest BCUT2D eigenvalue weighted by Crippen LogP contribution is -2.70. The van der Waals surface area contributed by atoms with Crippen molar-refractivity contribution in [1.29, 1.82) is 0 Å². The van der Waals surface area contributed by atoms with Gasteiger partial charge in [-0.2, -0.15) is 0 Å². The van der Waals surface area contributed by atoms with E-state index in [1.807, 2.05) is 0 Å². The average Bonchev–Trinajstić information content (AvgIpc) is 2.51. The Morgan fingerprint density at radius 3 is 1.79 bits per heavy atom. The first-order valence-electron chi connectivity index (χ1n) is 8.50. The summed E-state index contributed by atoms with van der Waals surface area (Å²) in [7, 11) is 0. The Morgan fingerprint density at radius 2 is 1.36 bits per heavy atom. The first kappa shape index (κ1) is 23.3. The maximum Gasteiger partial charge on any atom is 0.303 e. The molecule has 11 heteroatoms. The molecule has 2 N–H and O–H groups in total. The van der Waals surface area contributed by atoms with E-state index in [1.165, 1.54) is 6.92 Å². The summed E-state index contributed by atoms with van der Waals surface area (Å²) in [5.74, 6) is -3.59. The number of ether oxygens (including phenoxy) is 4. The topological polar surface area (TPSA) is 155 Å². The standard InChI is InChI=1S/C17H25NO10/c1-8(19)18-13-6-17(24,7-25-9(2)20)16(28-12(5)23)15(27-11(4)22)14(13)26-10(3)21/h13-16,24H,6-7H2,1-5H3,(H,18,19)/t13-,14+,15+,16-,17-/m0/s1. The minimum atomic E-state index is -2.03. The van der Waals surface area contributed by atoms with Crippen LogP contribution in [-0.4, -0.2) is 71.5 Å². The number of nitrogens with one attached hydrogen (secondary N) is 1. The molecular formula is C17H25NO10. The maximum absolute atomic E-state index is 11.6. The Balaban J connectivity index is 3.44. The van der Waals surface area contributed by atoms with E-state index in [0.717, 1.165) is 27.7 Å². The predicted octanol–water partition coefficient (Wildman–Crippen LogP) is -1.02. The van der Waals surface area contributed by atoms with E-state index in [1.54, 1.807) is 0 Å². The number of hydrogen-bond acceptors (Lipinski definition) is 10. The van der Waals surface area contributed by atoms with Gasteiger partial charge in [0, 0.05) is 41.0 Å². The van der Waals surface area contributed by atoms with Gasteiger partial charge in [0.25, 0.3) is 0 Å². The Kier molecular flexibility index (Phi) is 7.91. The third kappa shape index (κ3) is 6.48. The van der Waals surface area contributed by atoms with Crippen molar-refractivity contribution >= 4 is 29.8 Å². The third-order valence-corrected chi connectivity index (χ3v) is 3.93. The van der Waals surface area contributed by atoms with Crippen LogP contribution in [0.5, 0.6) is 0 Å². The number of esters is 4. The molecule has 0 aromatic rings. The fraction of sp³-hybridized carbons (Fsp3) is 0.706. The Morgan fingerprint density at radius 1 is 0.857 bits per heavy atom. The smallest absolute Gasteiger partial charge is 0.303 e. The zero-order chi connectivity index (χ0) is 21.6. The number of carbonyl (C=O) groups excluding carboxylic acids is 5. The highest BCUT2D eigenvalue weighted by Gasteiger charge is 2.58. The van der Waals surface area contributed by atoms with Crippen LogP contribution < -0.4 is 5.32 Å². The molecular weight excluding hydrogens is 378 g/mol. The first-order valence-corrected chi connectivity index (χ1v) is 8.50. The molecule has 0 bridgehead atoms. The van der Waals surface area contributed by atoms with Crippen LogP contribution in [0.2, 0.25) is 0 Å². The van der Waals surface area contributed by atoms with Gasteiger partial charge in [-0.25, -0.2) is 0 Å². The van der Waals surface area contributed by atoms with Gasteiger partial charge in [-0.05, 0) is 0 Å². The van der Waals surface area contributed by atoms with Crippen molar-refractivity contribution in [3.8, 4) is 0 Å². The number of rotatable bonds is 6. The molecule has 0 aliphatic heterocycles. The maximum atomic E-state index is 11.6. The Hall–Kier alpha value is -2.69. The van der Waals surface area contributed by atoms with Gasteiger partial charge in [0.05, 0.1) is 6.04 Å². The predicted molar refractivity (Wildman–Crippen MR) is 90.5 cm³/mol. The second kappa shape index (κ2) is 9.49. The molecule has 158 valence electrons. The van der Waals surface area contributed by atoms with Crippen LogP contribution >= 0.6 is 0 Å². The molecule has 1 saturated carbocycles. The summed E-state index contributed by atoms with van der Waals surface area (Å²) in [4.78, 5) is 57.6. The highest BCUT2D eigenvalue weighted by Crippen LogP contribution is 2.36. The molecule has 0 aromatic heterocycles. The number of amides is 1. The van der Waals surface area contributed by atoms with Crippen molar-refractivity contribution in [1.82, 2.24) is 5.32 Å². The Bertz CT molecular complexity index is 648. The molecule has 0 aromatic carbocycles. The van der Waals surface area contributed by atoms with E-state index < -0.39 is 66.3 Å². The van der Waals surface area contributed by atoms with Crippen molar-refractivity contribution in [3.05, 3.63) is 0 Å². The van der Waals surface area contributed by atoms with Gasteiger partial charge >= 0.3 is 23.9 Å². The van der Waals surface area contributed by atoms with E-state index in [9.17, 15) is 29.1 Å². The molecule has 1 fully saturated rings. The van der Waals surface area contributed by atoms with Crippen LogP contribution in [0.4, 0.5) is 0 Å². The zero-order valence-corrected chi connectivity index (χ0v) is 16.3. The summed E-state index contributed by atoms with van der Waals surface area (Å²) < 4.78 is 20.4. The van der Waals surface area contributed by atoms with Crippen LogP contribution in [0.25, 0.3) is 0 Å². The molecule has 0 saturated heterocycles. The van der Waals surface area contributed by atoms with E-state index in [2.05, 4.69) is 5.32 Å². The largest absolute Gasteiger partial charge is 0.463 e. The van der Waals surface area contributed by atoms with E-state index in [0.29, 0.717) is 0 Å². The summed E-state index contributed by atoms with van der Waals surface area (Å²) in [6.07, 6.45) is -4.56. The first-order chi connectivity index (χ1) is 12.9. The quantitative estimate of drug-likeness (QED) is 0.416. The minimum absolute atomic E-state index is 0.312. The molecule has 5 atom stereocenters. The van der Waals surface area contributed by atoms with Crippen LogP contribution in [0.15, 0.2) is 0 Å². The molecule has 0 heterocycles. The summed E-state index contributed by atoms with van der Waals surface area (Å²) in [6.45, 7) is 4.95. The monoisotopic (exact) mass is 403 g/mol. The number of hydrogen-bond donors (Lipinski definition) is 2. The van der Waals surface area contributed by atoms with E-state index in [-0.39, 0.29) is 6.42 Å². The second-order valence-electron chi connectivity index (χ2n) is 6.57. The lowest BCUT2D eigenvalue weighted by molar-refractivity contribution is -0.238. The summed E-state index contributed by atoms with van der Waals surface area (Å²) in [5, 5.41) is 13.6. The molecule has 0 spiro atoms. The second-order valence-corrected chi connectivity index (χ2v) is 6.57. The summed E-state index contributed by atoms with van der Waals surface area (Å²) in [6, 6.07) is -1.02. The van der Waals surface area contributed by atoms with Gasteiger partial charge in [-0.1, -0.05) is 0 Å². The van der Waals surface area contributed by atoms with E-state index in [4.69, 9.17) is 18.9 Å². The van der Waals surface area contributed by atoms with Gasteiger partial charge in [-0.3, -0.25) is 24.0 Å². The minimum Gasteiger partial charge on any atom is -0.463 e. The van der Waals surface area contributed by atoms with Gasteiger partial charge in [0.1, 0.15) is 12.2 Å². The SMILES string of the molecule is CC(=O)N[C@H]1C[C@](O)(COC(C)=O)[C@@H](OC(C)=O)[C@H](OC(C)=O)[C@@H]1OC(C)=O. The third-order valence-electron chi connectivity index (χ3n) is 3.93. The summed E-state index contributed by atoms with van der Waals surface area (Å²) >= 11 is 0. The molecule has 0 unspecified atom stereocenters. The lowest BCUT2D eigenvalue weighted by atomic mass is 9.75. The molecule has 28 heavy (non-hydrogen) atoms. The molecule has 1 aliphatic rings.